The molecule has 0 saturated carbocycles. The van der Waals surface area contributed by atoms with Gasteiger partial charge in [0.15, 0.2) is 0 Å². The minimum absolute atomic E-state index is 0. The first-order valence-corrected chi connectivity index (χ1v) is 10.7. The van der Waals surface area contributed by atoms with E-state index in [0.717, 1.165) is 0 Å². The van der Waals surface area contributed by atoms with Crippen LogP contribution in [0.15, 0.2) is 0 Å². The smallest absolute Gasteiger partial charge is 1.00 e. The predicted molar refractivity (Wildman–Crippen MR) is 72.9 cm³/mol. The van der Waals surface area contributed by atoms with Crippen molar-refractivity contribution in [3.05, 3.63) is 0 Å². The topological polar surface area (TPSA) is 0 Å². The van der Waals surface area contributed by atoms with Crippen molar-refractivity contribution in [2.24, 2.45) is 0 Å². The standard InChI is InChI=1S/2C7H15.ClH.Ga/c2*1-3-5-7-6-4-2;;/h2*1,3-7H2,2H3;1H;/q;;;+1/p-1. The molecule has 0 heterocycles. The maximum Gasteiger partial charge on any atom is -1.00 e. The fourth-order valence-electron chi connectivity index (χ4n) is 1.93. The molecule has 0 aliphatic heterocycles. The van der Waals surface area contributed by atoms with Gasteiger partial charge < -0.3 is 12.4 Å². The average Bonchev–Trinajstić information content (AvgIpc) is 2.26. The van der Waals surface area contributed by atoms with Crippen molar-refractivity contribution in [1.82, 2.24) is 0 Å². The van der Waals surface area contributed by atoms with Crippen LogP contribution in [0.25, 0.3) is 0 Å². The molecule has 0 spiro atoms. The van der Waals surface area contributed by atoms with E-state index < -0.39 is 0 Å². The van der Waals surface area contributed by atoms with Crippen LogP contribution in [0.2, 0.25) is 9.95 Å². The zero-order valence-corrected chi connectivity index (χ0v) is 14.6. The first kappa shape index (κ1) is 19.3. The van der Waals surface area contributed by atoms with Crippen molar-refractivity contribution in [2.45, 2.75) is 88.0 Å². The van der Waals surface area contributed by atoms with Gasteiger partial charge in [0.2, 0.25) is 0 Å². The maximum atomic E-state index is 2.30. The van der Waals surface area contributed by atoms with Gasteiger partial charge >= 0.3 is 105 Å². The van der Waals surface area contributed by atoms with Crippen LogP contribution in [0, 0.1) is 0 Å². The van der Waals surface area contributed by atoms with E-state index in [1.54, 1.807) is 22.8 Å². The molecule has 0 bridgehead atoms. The molecule has 0 aliphatic carbocycles. The van der Waals surface area contributed by atoms with Crippen molar-refractivity contribution in [3.63, 3.8) is 0 Å². The van der Waals surface area contributed by atoms with Gasteiger partial charge in [-0.05, 0) is 0 Å². The van der Waals surface area contributed by atoms with Gasteiger partial charge in [0.05, 0.1) is 0 Å². The summed E-state index contributed by atoms with van der Waals surface area (Å²) in [4.78, 5) is 3.28. The fraction of sp³-hybridized carbons (Fsp3) is 1.00. The fourth-order valence-corrected chi connectivity index (χ4v) is 4.96. The molecule has 0 aliphatic rings. The Morgan fingerprint density at radius 3 is 1.31 bits per heavy atom. The third-order valence-electron chi connectivity index (χ3n) is 3.02. The Morgan fingerprint density at radius 1 is 0.562 bits per heavy atom. The zero-order valence-electron chi connectivity index (χ0n) is 11.4. The van der Waals surface area contributed by atoms with Gasteiger partial charge in [0.1, 0.15) is 0 Å². The minimum Gasteiger partial charge on any atom is -1.00 e. The third-order valence-corrected chi connectivity index (χ3v) is 6.45. The van der Waals surface area contributed by atoms with E-state index in [0.29, 0.717) is 0 Å². The summed E-state index contributed by atoms with van der Waals surface area (Å²) in [5.41, 5.74) is 0. The molecule has 0 rings (SSSR count). The Morgan fingerprint density at radius 2 is 0.938 bits per heavy atom. The van der Waals surface area contributed by atoms with Crippen molar-refractivity contribution >= 4 is 17.4 Å². The number of hydrogen-bond acceptors (Lipinski definition) is 0. The first-order chi connectivity index (χ1) is 7.41. The van der Waals surface area contributed by atoms with Crippen LogP contribution in [0.5, 0.6) is 0 Å². The molecule has 96 valence electrons. The Balaban J connectivity index is 0. The minimum atomic E-state index is 0. The van der Waals surface area contributed by atoms with Gasteiger partial charge in [-0.3, -0.25) is 0 Å². The zero-order chi connectivity index (χ0) is 11.2. The Hall–Kier alpha value is 0.926. The van der Waals surface area contributed by atoms with E-state index >= 15 is 0 Å². The summed E-state index contributed by atoms with van der Waals surface area (Å²) in [6.45, 7) is 4.60. The number of rotatable bonds is 12. The van der Waals surface area contributed by atoms with E-state index in [2.05, 4.69) is 13.8 Å². The number of halogens is 1. The van der Waals surface area contributed by atoms with Crippen molar-refractivity contribution in [1.29, 1.82) is 0 Å². The van der Waals surface area contributed by atoms with Crippen LogP contribution in [-0.2, 0) is 0 Å². The monoisotopic (exact) mass is 302 g/mol. The van der Waals surface area contributed by atoms with Crippen molar-refractivity contribution < 1.29 is 12.4 Å². The average molecular weight is 304 g/mol. The Kier molecular flexibility index (Phi) is 22.0. The number of hydrogen-bond donors (Lipinski definition) is 0. The largest absolute Gasteiger partial charge is 1.00 e. The van der Waals surface area contributed by atoms with Crippen LogP contribution in [0.3, 0.4) is 0 Å². The van der Waals surface area contributed by atoms with Crippen LogP contribution in [0.4, 0.5) is 0 Å². The van der Waals surface area contributed by atoms with Crippen LogP contribution in [0.1, 0.15) is 78.1 Å². The van der Waals surface area contributed by atoms with Crippen LogP contribution >= 0.6 is 0 Å². The molecule has 0 unspecified atom stereocenters. The summed E-state index contributed by atoms with van der Waals surface area (Å²) in [5, 5.41) is 0. The van der Waals surface area contributed by atoms with Gasteiger partial charge in [-0.1, -0.05) is 0 Å². The molecule has 0 nitrogen and oxygen atoms in total. The van der Waals surface area contributed by atoms with Crippen LogP contribution < -0.4 is 12.4 Å². The summed E-state index contributed by atoms with van der Waals surface area (Å²) in [5.74, 6) is 0. The summed E-state index contributed by atoms with van der Waals surface area (Å²) in [6, 6.07) is 0. The molecule has 0 atom stereocenters. The first-order valence-electron chi connectivity index (χ1n) is 7.23. The quantitative estimate of drug-likeness (QED) is 0.384. The second-order valence-electron chi connectivity index (χ2n) is 4.69. The van der Waals surface area contributed by atoms with Crippen molar-refractivity contribution in [3.8, 4) is 0 Å². The van der Waals surface area contributed by atoms with Gasteiger partial charge in [-0.25, -0.2) is 0 Å². The summed E-state index contributed by atoms with van der Waals surface area (Å²) < 4.78 is 0. The molecular weight excluding hydrogens is 273 g/mol. The molecule has 2 heteroatoms. The molecular formula is C14H30ClGa. The molecule has 0 saturated heterocycles. The molecule has 0 N–H and O–H groups in total. The predicted octanol–water partition coefficient (Wildman–Crippen LogP) is 2.47. The summed E-state index contributed by atoms with van der Waals surface area (Å²) in [6.07, 6.45) is 14.8. The Labute approximate surface area is 118 Å². The van der Waals surface area contributed by atoms with E-state index in [1.165, 1.54) is 51.4 Å². The van der Waals surface area contributed by atoms with E-state index in [4.69, 9.17) is 0 Å². The second-order valence-corrected chi connectivity index (χ2v) is 8.33. The number of unbranched alkanes of at least 4 members (excludes halogenated alkanes) is 8. The third kappa shape index (κ3) is 17.3. The molecule has 16 heavy (non-hydrogen) atoms. The van der Waals surface area contributed by atoms with Crippen LogP contribution in [-0.4, -0.2) is 17.4 Å². The molecule has 0 aromatic carbocycles. The normalized spacial score (nSPS) is 9.62. The molecule has 0 radical (unpaired) electrons. The second kappa shape index (κ2) is 18.3. The summed E-state index contributed by atoms with van der Waals surface area (Å²) in [7, 11) is 0. The van der Waals surface area contributed by atoms with E-state index in [9.17, 15) is 0 Å². The van der Waals surface area contributed by atoms with Gasteiger partial charge in [0, 0.05) is 0 Å². The molecule has 0 aromatic heterocycles. The van der Waals surface area contributed by atoms with Crippen molar-refractivity contribution in [2.75, 3.05) is 0 Å². The molecule has 0 aromatic rings. The molecule has 0 fully saturated rings. The molecule has 0 amide bonds. The van der Waals surface area contributed by atoms with E-state index in [-0.39, 0.29) is 29.8 Å². The maximum absolute atomic E-state index is 2.30. The Bertz CT molecular complexity index is 94.9. The summed E-state index contributed by atoms with van der Waals surface area (Å²) >= 11 is 0.200. The van der Waals surface area contributed by atoms with Gasteiger partial charge in [-0.15, -0.1) is 0 Å². The van der Waals surface area contributed by atoms with E-state index in [1.807, 2.05) is 0 Å². The van der Waals surface area contributed by atoms with Gasteiger partial charge in [-0.2, -0.15) is 0 Å². The SMILES string of the molecule is CCCCCC[CH2][Ga+][CH2]CCCCCC.[Cl-]. The van der Waals surface area contributed by atoms with Gasteiger partial charge in [0.25, 0.3) is 0 Å².